The molecular weight excluding hydrogens is 190 g/mol. The molecular formula is C8H13NO5. The van der Waals surface area contributed by atoms with E-state index in [1.165, 1.54) is 7.11 Å². The van der Waals surface area contributed by atoms with Gasteiger partial charge in [-0.3, -0.25) is 0 Å². The number of methoxy groups -OCH3 is 1. The Kier molecular flexibility index (Phi) is 3.70. The number of aliphatic carboxylic acids is 1. The molecule has 1 aliphatic heterocycles. The van der Waals surface area contributed by atoms with Gasteiger partial charge in [0.25, 0.3) is 0 Å². The monoisotopic (exact) mass is 203 g/mol. The van der Waals surface area contributed by atoms with E-state index < -0.39 is 18.1 Å². The number of nitrogens with one attached hydrogen (secondary N) is 1. The van der Waals surface area contributed by atoms with Gasteiger partial charge in [0.2, 0.25) is 0 Å². The number of hydrogen-bond acceptors (Lipinski definition) is 4. The first-order chi connectivity index (χ1) is 6.65. The Morgan fingerprint density at radius 1 is 1.64 bits per heavy atom. The molecule has 80 valence electrons. The van der Waals surface area contributed by atoms with Gasteiger partial charge in [0.15, 0.2) is 0 Å². The first-order valence-corrected chi connectivity index (χ1v) is 4.30. The van der Waals surface area contributed by atoms with Crippen LogP contribution in [0.3, 0.4) is 0 Å². The zero-order valence-corrected chi connectivity index (χ0v) is 7.86. The maximum atomic E-state index is 10.8. The molecule has 6 heteroatoms. The second kappa shape index (κ2) is 4.80. The van der Waals surface area contributed by atoms with Crippen LogP contribution in [0.2, 0.25) is 0 Å². The van der Waals surface area contributed by atoms with Gasteiger partial charge in [0.1, 0.15) is 6.04 Å². The van der Waals surface area contributed by atoms with Crippen molar-refractivity contribution in [3.63, 3.8) is 0 Å². The Labute approximate surface area is 81.2 Å². The number of hydrogen-bond donors (Lipinski definition) is 2. The van der Waals surface area contributed by atoms with Crippen LogP contribution in [-0.4, -0.2) is 43.5 Å². The van der Waals surface area contributed by atoms with E-state index in [1.54, 1.807) is 0 Å². The van der Waals surface area contributed by atoms with E-state index in [-0.39, 0.29) is 5.92 Å². The van der Waals surface area contributed by atoms with Crippen molar-refractivity contribution in [2.45, 2.75) is 12.5 Å². The Morgan fingerprint density at radius 3 is 2.79 bits per heavy atom. The lowest BCUT2D eigenvalue weighted by Crippen LogP contribution is -2.46. The minimum Gasteiger partial charge on any atom is -0.480 e. The molecule has 0 aromatic carbocycles. The van der Waals surface area contributed by atoms with E-state index in [0.29, 0.717) is 19.6 Å². The summed E-state index contributed by atoms with van der Waals surface area (Å²) < 4.78 is 9.38. The summed E-state index contributed by atoms with van der Waals surface area (Å²) >= 11 is 0. The number of amides is 1. The molecule has 2 atom stereocenters. The van der Waals surface area contributed by atoms with E-state index >= 15 is 0 Å². The van der Waals surface area contributed by atoms with Gasteiger partial charge in [-0.25, -0.2) is 9.59 Å². The molecule has 0 aliphatic carbocycles. The highest BCUT2D eigenvalue weighted by Crippen LogP contribution is 2.16. The van der Waals surface area contributed by atoms with Gasteiger partial charge in [-0.15, -0.1) is 0 Å². The summed E-state index contributed by atoms with van der Waals surface area (Å²) in [5.41, 5.74) is 0. The van der Waals surface area contributed by atoms with Crippen LogP contribution in [0.4, 0.5) is 4.79 Å². The van der Waals surface area contributed by atoms with Gasteiger partial charge in [0, 0.05) is 12.5 Å². The first-order valence-electron chi connectivity index (χ1n) is 4.30. The molecule has 1 unspecified atom stereocenters. The minimum atomic E-state index is -1.06. The van der Waals surface area contributed by atoms with E-state index in [0.717, 1.165) is 0 Å². The van der Waals surface area contributed by atoms with Crippen molar-refractivity contribution >= 4 is 12.1 Å². The lowest BCUT2D eigenvalue weighted by molar-refractivity contribution is -0.140. The smallest absolute Gasteiger partial charge is 0.407 e. The predicted molar refractivity (Wildman–Crippen MR) is 45.9 cm³/mol. The number of alkyl carbamates (subject to hydrolysis) is 1. The summed E-state index contributed by atoms with van der Waals surface area (Å²) in [6.45, 7) is 0.901. The number of carbonyl (C=O) groups is 2. The van der Waals surface area contributed by atoms with Gasteiger partial charge < -0.3 is 19.9 Å². The summed E-state index contributed by atoms with van der Waals surface area (Å²) in [5, 5.41) is 11.1. The third kappa shape index (κ3) is 2.59. The number of carboxylic acids is 1. The maximum absolute atomic E-state index is 10.8. The molecule has 1 rings (SSSR count). The molecule has 0 radical (unpaired) electrons. The molecule has 0 saturated carbocycles. The molecule has 1 aliphatic rings. The highest BCUT2D eigenvalue weighted by atomic mass is 16.5. The molecule has 2 N–H and O–H groups in total. The lowest BCUT2D eigenvalue weighted by Gasteiger charge is -2.18. The molecule has 0 aromatic heterocycles. The highest BCUT2D eigenvalue weighted by Gasteiger charge is 2.32. The third-order valence-electron chi connectivity index (χ3n) is 2.16. The maximum Gasteiger partial charge on any atom is 0.407 e. The molecule has 14 heavy (non-hydrogen) atoms. The Bertz CT molecular complexity index is 224. The number of rotatable bonds is 3. The van der Waals surface area contributed by atoms with Gasteiger partial charge >= 0.3 is 12.1 Å². The molecule has 1 saturated heterocycles. The van der Waals surface area contributed by atoms with Crippen LogP contribution in [0.5, 0.6) is 0 Å². The fraction of sp³-hybridized carbons (Fsp3) is 0.750. The van der Waals surface area contributed by atoms with Gasteiger partial charge in [0.05, 0.1) is 13.7 Å². The van der Waals surface area contributed by atoms with E-state index in [4.69, 9.17) is 9.84 Å². The number of carbonyl (C=O) groups excluding carboxylic acids is 1. The van der Waals surface area contributed by atoms with Gasteiger partial charge in [-0.2, -0.15) is 0 Å². The normalized spacial score (nSPS) is 22.8. The van der Waals surface area contributed by atoms with Crippen molar-refractivity contribution < 1.29 is 24.2 Å². The zero-order chi connectivity index (χ0) is 10.6. The second-order valence-electron chi connectivity index (χ2n) is 3.08. The molecule has 1 amide bonds. The van der Waals surface area contributed by atoms with Gasteiger partial charge in [-0.1, -0.05) is 0 Å². The Hall–Kier alpha value is -1.30. The van der Waals surface area contributed by atoms with Crippen LogP contribution in [0, 0.1) is 5.92 Å². The van der Waals surface area contributed by atoms with Crippen LogP contribution in [-0.2, 0) is 14.3 Å². The molecule has 0 aromatic rings. The van der Waals surface area contributed by atoms with Crippen LogP contribution in [0.1, 0.15) is 6.42 Å². The fourth-order valence-corrected chi connectivity index (χ4v) is 1.38. The molecule has 6 nitrogen and oxygen atoms in total. The summed E-state index contributed by atoms with van der Waals surface area (Å²) in [4.78, 5) is 21.7. The Balaban J connectivity index is 2.54. The van der Waals surface area contributed by atoms with Crippen molar-refractivity contribution in [3.05, 3.63) is 0 Å². The van der Waals surface area contributed by atoms with Gasteiger partial charge in [-0.05, 0) is 6.42 Å². The van der Waals surface area contributed by atoms with Crippen LogP contribution in [0.15, 0.2) is 0 Å². The average molecular weight is 203 g/mol. The van der Waals surface area contributed by atoms with Crippen molar-refractivity contribution in [1.29, 1.82) is 0 Å². The van der Waals surface area contributed by atoms with E-state index in [1.807, 2.05) is 0 Å². The minimum absolute atomic E-state index is 0.174. The number of carboxylic acid groups (broad SMARTS) is 1. The first kappa shape index (κ1) is 10.8. The quantitative estimate of drug-likeness (QED) is 0.665. The highest BCUT2D eigenvalue weighted by molar-refractivity contribution is 5.80. The third-order valence-corrected chi connectivity index (χ3v) is 2.16. The average Bonchev–Trinajstić information content (AvgIpc) is 2.65. The topological polar surface area (TPSA) is 84.9 Å². The fourth-order valence-electron chi connectivity index (χ4n) is 1.38. The van der Waals surface area contributed by atoms with Crippen molar-refractivity contribution in [2.75, 3.05) is 20.3 Å². The molecule has 1 fully saturated rings. The van der Waals surface area contributed by atoms with Crippen molar-refractivity contribution in [2.24, 2.45) is 5.92 Å². The lowest BCUT2D eigenvalue weighted by atomic mass is 9.99. The van der Waals surface area contributed by atoms with Crippen LogP contribution < -0.4 is 5.32 Å². The largest absolute Gasteiger partial charge is 0.480 e. The number of ether oxygens (including phenoxy) is 2. The summed E-state index contributed by atoms with van der Waals surface area (Å²) in [5.74, 6) is -1.24. The summed E-state index contributed by atoms with van der Waals surface area (Å²) in [6, 6.07) is -0.926. The van der Waals surface area contributed by atoms with Crippen LogP contribution >= 0.6 is 0 Å². The summed E-state index contributed by atoms with van der Waals surface area (Å²) in [7, 11) is 1.19. The Morgan fingerprint density at radius 2 is 2.36 bits per heavy atom. The standard InChI is InChI=1S/C8H13NO5/c1-13-8(12)9-6(7(10)11)5-2-3-14-4-5/h5-6H,2-4H2,1H3,(H,9,12)(H,10,11)/t5?,6-/m0/s1. The van der Waals surface area contributed by atoms with Crippen molar-refractivity contribution in [1.82, 2.24) is 5.32 Å². The summed E-state index contributed by atoms with van der Waals surface area (Å²) in [6.07, 6.45) is -0.0923. The zero-order valence-electron chi connectivity index (χ0n) is 7.86. The molecule has 0 spiro atoms. The van der Waals surface area contributed by atoms with E-state index in [9.17, 15) is 9.59 Å². The van der Waals surface area contributed by atoms with Crippen molar-refractivity contribution in [3.8, 4) is 0 Å². The SMILES string of the molecule is COC(=O)N[C@H](C(=O)O)C1CCOC1. The van der Waals surface area contributed by atoms with E-state index in [2.05, 4.69) is 10.1 Å². The predicted octanol–water partition coefficient (Wildman–Crippen LogP) is -0.168. The molecule has 1 heterocycles. The molecule has 0 bridgehead atoms. The van der Waals surface area contributed by atoms with Crippen LogP contribution in [0.25, 0.3) is 0 Å². The second-order valence-corrected chi connectivity index (χ2v) is 3.08.